The van der Waals surface area contributed by atoms with E-state index in [1.807, 2.05) is 0 Å². The fourth-order valence-electron chi connectivity index (χ4n) is 2.32. The summed E-state index contributed by atoms with van der Waals surface area (Å²) in [7, 11) is 1.21. The van der Waals surface area contributed by atoms with Gasteiger partial charge in [-0.2, -0.15) is 0 Å². The van der Waals surface area contributed by atoms with E-state index in [0.29, 0.717) is 12.5 Å². The van der Waals surface area contributed by atoms with Gasteiger partial charge in [-0.15, -0.1) is 0 Å². The summed E-state index contributed by atoms with van der Waals surface area (Å²) in [5, 5.41) is 2.64. The van der Waals surface area contributed by atoms with Gasteiger partial charge >= 0.3 is 11.9 Å². The maximum Gasteiger partial charge on any atom is 0.396 e. The van der Waals surface area contributed by atoms with Crippen molar-refractivity contribution in [3.8, 4) is 0 Å². The van der Waals surface area contributed by atoms with Crippen molar-refractivity contribution in [3.05, 3.63) is 0 Å². The summed E-state index contributed by atoms with van der Waals surface area (Å²) in [6.07, 6.45) is 5.00. The fraction of sp³-hybridized carbons (Fsp3) is 0.833. The Bertz CT molecular complexity index is 267. The maximum atomic E-state index is 11.2. The van der Waals surface area contributed by atoms with E-state index in [9.17, 15) is 9.59 Å². The third-order valence-electron chi connectivity index (χ3n) is 3.54. The quantitative estimate of drug-likeness (QED) is 0.587. The van der Waals surface area contributed by atoms with E-state index in [1.54, 1.807) is 0 Å². The maximum absolute atomic E-state index is 11.2. The molecule has 1 aliphatic rings. The Morgan fingerprint density at radius 3 is 2.38 bits per heavy atom. The van der Waals surface area contributed by atoms with Crippen LogP contribution in [0.5, 0.6) is 0 Å². The molecule has 1 rings (SSSR count). The predicted octanol–water partition coefficient (Wildman–Crippen LogP) is 1.49. The summed E-state index contributed by atoms with van der Waals surface area (Å²) >= 11 is 0. The van der Waals surface area contributed by atoms with Crippen molar-refractivity contribution in [1.29, 1.82) is 0 Å². The number of hydrogen-bond acceptors (Lipinski definition) is 3. The van der Waals surface area contributed by atoms with Crippen LogP contribution in [0.25, 0.3) is 0 Å². The first kappa shape index (κ1) is 13.0. The number of amides is 1. The lowest BCUT2D eigenvalue weighted by Crippen LogP contribution is -2.41. The number of rotatable bonds is 3. The second kappa shape index (κ2) is 5.32. The minimum Gasteiger partial charge on any atom is -0.462 e. The van der Waals surface area contributed by atoms with Gasteiger partial charge in [0, 0.05) is 6.54 Å². The molecule has 92 valence electrons. The van der Waals surface area contributed by atoms with Crippen LogP contribution in [-0.4, -0.2) is 25.5 Å². The van der Waals surface area contributed by atoms with Crippen molar-refractivity contribution in [2.45, 2.75) is 39.5 Å². The van der Waals surface area contributed by atoms with E-state index >= 15 is 0 Å². The Labute approximate surface area is 96.7 Å². The molecule has 0 radical (unpaired) electrons. The molecule has 0 atom stereocenters. The zero-order valence-corrected chi connectivity index (χ0v) is 10.3. The van der Waals surface area contributed by atoms with Gasteiger partial charge in [-0.3, -0.25) is 4.79 Å². The van der Waals surface area contributed by atoms with Crippen LogP contribution in [0, 0.1) is 11.3 Å². The second-order valence-corrected chi connectivity index (χ2v) is 5.14. The first-order valence-electron chi connectivity index (χ1n) is 5.83. The lowest BCUT2D eigenvalue weighted by Gasteiger charge is -2.31. The number of esters is 1. The molecule has 0 heterocycles. The van der Waals surface area contributed by atoms with Crippen molar-refractivity contribution in [2.24, 2.45) is 11.3 Å². The summed E-state index contributed by atoms with van der Waals surface area (Å²) in [6.45, 7) is 4.81. The van der Waals surface area contributed by atoms with Crippen molar-refractivity contribution in [2.75, 3.05) is 13.7 Å². The van der Waals surface area contributed by atoms with Gasteiger partial charge < -0.3 is 10.1 Å². The highest BCUT2D eigenvalue weighted by Crippen LogP contribution is 2.38. The van der Waals surface area contributed by atoms with Gasteiger partial charge in [-0.1, -0.05) is 26.7 Å². The van der Waals surface area contributed by atoms with Gasteiger partial charge in [0.15, 0.2) is 0 Å². The molecular weight excluding hydrogens is 206 g/mol. The van der Waals surface area contributed by atoms with E-state index in [-0.39, 0.29) is 5.41 Å². The molecular formula is C12H21NO3. The molecule has 4 heteroatoms. The van der Waals surface area contributed by atoms with Gasteiger partial charge in [0.1, 0.15) is 0 Å². The van der Waals surface area contributed by atoms with Crippen LogP contribution < -0.4 is 5.32 Å². The van der Waals surface area contributed by atoms with Gasteiger partial charge in [-0.25, -0.2) is 4.79 Å². The largest absolute Gasteiger partial charge is 0.462 e. The van der Waals surface area contributed by atoms with E-state index in [0.717, 1.165) is 0 Å². The average molecular weight is 227 g/mol. The van der Waals surface area contributed by atoms with Gasteiger partial charge in [0.05, 0.1) is 7.11 Å². The van der Waals surface area contributed by atoms with Crippen LogP contribution >= 0.6 is 0 Å². The van der Waals surface area contributed by atoms with Crippen LogP contribution in [0.2, 0.25) is 0 Å². The van der Waals surface area contributed by atoms with Gasteiger partial charge in [0.2, 0.25) is 0 Å². The smallest absolute Gasteiger partial charge is 0.396 e. The van der Waals surface area contributed by atoms with E-state index in [4.69, 9.17) is 0 Å². The Hall–Kier alpha value is -1.06. The zero-order valence-electron chi connectivity index (χ0n) is 10.3. The van der Waals surface area contributed by atoms with Crippen LogP contribution in [-0.2, 0) is 14.3 Å². The molecule has 0 aromatic rings. The first-order valence-corrected chi connectivity index (χ1v) is 5.83. The van der Waals surface area contributed by atoms with E-state index in [1.165, 1.54) is 32.8 Å². The van der Waals surface area contributed by atoms with Crippen LogP contribution in [0.15, 0.2) is 0 Å². The molecule has 1 fully saturated rings. The van der Waals surface area contributed by atoms with E-state index in [2.05, 4.69) is 23.9 Å². The average Bonchev–Trinajstić information content (AvgIpc) is 2.78. The molecule has 1 saturated carbocycles. The lowest BCUT2D eigenvalue weighted by atomic mass is 9.78. The fourth-order valence-corrected chi connectivity index (χ4v) is 2.32. The summed E-state index contributed by atoms with van der Waals surface area (Å²) in [4.78, 5) is 22.2. The highest BCUT2D eigenvalue weighted by atomic mass is 16.5. The SMILES string of the molecule is COC(=O)C(=O)NCC(C)(C)C1CCCC1. The molecule has 0 bridgehead atoms. The molecule has 1 N–H and O–H groups in total. The standard InChI is InChI=1S/C12H21NO3/c1-12(2,9-6-4-5-7-9)8-13-10(14)11(15)16-3/h9H,4-8H2,1-3H3,(H,13,14). The van der Waals surface area contributed by atoms with E-state index < -0.39 is 11.9 Å². The number of carbonyl (C=O) groups excluding carboxylic acids is 2. The summed E-state index contributed by atoms with van der Waals surface area (Å²) in [5.41, 5.74) is 0.0557. The predicted molar refractivity (Wildman–Crippen MR) is 60.8 cm³/mol. The van der Waals surface area contributed by atoms with Crippen molar-refractivity contribution in [3.63, 3.8) is 0 Å². The monoisotopic (exact) mass is 227 g/mol. The van der Waals surface area contributed by atoms with Crippen LogP contribution in [0.3, 0.4) is 0 Å². The zero-order chi connectivity index (χ0) is 12.2. The molecule has 0 aromatic carbocycles. The molecule has 0 spiro atoms. The highest BCUT2D eigenvalue weighted by molar-refractivity contribution is 6.32. The number of carbonyl (C=O) groups is 2. The summed E-state index contributed by atoms with van der Waals surface area (Å²) in [5.74, 6) is -0.818. The van der Waals surface area contributed by atoms with Crippen molar-refractivity contribution < 1.29 is 14.3 Å². The van der Waals surface area contributed by atoms with Gasteiger partial charge in [-0.05, 0) is 24.2 Å². The summed E-state index contributed by atoms with van der Waals surface area (Å²) in [6, 6.07) is 0. The molecule has 1 amide bonds. The number of nitrogens with one attached hydrogen (secondary N) is 1. The number of ether oxygens (including phenoxy) is 1. The van der Waals surface area contributed by atoms with Crippen molar-refractivity contribution in [1.82, 2.24) is 5.32 Å². The minimum absolute atomic E-state index is 0.0557. The third kappa shape index (κ3) is 3.22. The number of hydrogen-bond donors (Lipinski definition) is 1. The van der Waals surface area contributed by atoms with Crippen LogP contribution in [0.4, 0.5) is 0 Å². The number of methoxy groups -OCH3 is 1. The highest BCUT2D eigenvalue weighted by Gasteiger charge is 2.32. The Balaban J connectivity index is 2.40. The Morgan fingerprint density at radius 2 is 1.88 bits per heavy atom. The van der Waals surface area contributed by atoms with Crippen molar-refractivity contribution >= 4 is 11.9 Å². The molecule has 1 aliphatic carbocycles. The molecule has 0 aromatic heterocycles. The molecule has 0 aliphatic heterocycles. The Kier molecular flexibility index (Phi) is 4.33. The van der Waals surface area contributed by atoms with Gasteiger partial charge in [0.25, 0.3) is 0 Å². The third-order valence-corrected chi connectivity index (χ3v) is 3.54. The summed E-state index contributed by atoms with van der Waals surface area (Å²) < 4.78 is 4.35. The topological polar surface area (TPSA) is 55.4 Å². The Morgan fingerprint density at radius 1 is 1.31 bits per heavy atom. The molecule has 4 nitrogen and oxygen atoms in total. The normalized spacial score (nSPS) is 17.2. The minimum atomic E-state index is -0.817. The molecule has 0 unspecified atom stereocenters. The second-order valence-electron chi connectivity index (χ2n) is 5.14. The first-order chi connectivity index (χ1) is 7.47. The molecule has 16 heavy (non-hydrogen) atoms. The van der Waals surface area contributed by atoms with Crippen LogP contribution in [0.1, 0.15) is 39.5 Å². The lowest BCUT2D eigenvalue weighted by molar-refractivity contribution is -0.152. The molecule has 0 saturated heterocycles.